The number of hydrogen-bond acceptors (Lipinski definition) is 3. The standard InChI is InChI=1S/C17H30N2O2/c1-10(2)14-8-7-11(3)9-17(14)18(6)16(20)15-12(4)13(5)21-19(15)17/h10-15H,7-9H2,1-6H3/t11-,12-,13-,14+,15+,17-/m1/s1. The van der Waals surface area contributed by atoms with Gasteiger partial charge in [0, 0.05) is 18.9 Å². The lowest BCUT2D eigenvalue weighted by molar-refractivity contribution is -0.261. The summed E-state index contributed by atoms with van der Waals surface area (Å²) in [6, 6.07) is -0.0865. The summed E-state index contributed by atoms with van der Waals surface area (Å²) in [6.45, 7) is 11.1. The van der Waals surface area contributed by atoms with Crippen LogP contribution in [0.5, 0.6) is 0 Å². The van der Waals surface area contributed by atoms with Gasteiger partial charge in [0.1, 0.15) is 11.7 Å². The molecule has 0 bridgehead atoms. The molecule has 1 saturated carbocycles. The molecule has 120 valence electrons. The Morgan fingerprint density at radius 3 is 2.52 bits per heavy atom. The Labute approximate surface area is 128 Å². The molecule has 3 rings (SSSR count). The smallest absolute Gasteiger partial charge is 0.244 e. The largest absolute Gasteiger partial charge is 0.323 e. The van der Waals surface area contributed by atoms with Crippen LogP contribution in [0.25, 0.3) is 0 Å². The molecule has 0 unspecified atom stereocenters. The number of rotatable bonds is 1. The molecule has 2 saturated heterocycles. The monoisotopic (exact) mass is 294 g/mol. The summed E-state index contributed by atoms with van der Waals surface area (Å²) in [5.74, 6) is 2.21. The van der Waals surface area contributed by atoms with E-state index < -0.39 is 0 Å². The van der Waals surface area contributed by atoms with Crippen molar-refractivity contribution >= 4 is 5.91 Å². The predicted molar refractivity (Wildman–Crippen MR) is 82.2 cm³/mol. The summed E-state index contributed by atoms with van der Waals surface area (Å²) >= 11 is 0. The Kier molecular flexibility index (Phi) is 3.61. The van der Waals surface area contributed by atoms with Crippen molar-refractivity contribution in [2.75, 3.05) is 7.05 Å². The molecule has 21 heavy (non-hydrogen) atoms. The molecule has 3 fully saturated rings. The van der Waals surface area contributed by atoms with E-state index in [9.17, 15) is 4.79 Å². The molecule has 2 heterocycles. The molecule has 0 N–H and O–H groups in total. The summed E-state index contributed by atoms with van der Waals surface area (Å²) in [5.41, 5.74) is -0.230. The molecule has 0 aromatic rings. The molecule has 1 aliphatic carbocycles. The van der Waals surface area contributed by atoms with Gasteiger partial charge in [-0.3, -0.25) is 9.63 Å². The number of likely N-dealkylation sites (N-methyl/N-ethyl adjacent to an activating group) is 1. The first kappa shape index (κ1) is 15.3. The first-order valence-corrected chi connectivity index (χ1v) is 8.54. The molecule has 1 amide bonds. The topological polar surface area (TPSA) is 32.8 Å². The van der Waals surface area contributed by atoms with Gasteiger partial charge in [-0.25, -0.2) is 0 Å². The van der Waals surface area contributed by atoms with Crippen LogP contribution in [-0.4, -0.2) is 40.7 Å². The maximum Gasteiger partial charge on any atom is 0.244 e. The maximum atomic E-state index is 12.9. The predicted octanol–water partition coefficient (Wildman–Crippen LogP) is 2.89. The van der Waals surface area contributed by atoms with Gasteiger partial charge >= 0.3 is 0 Å². The Balaban J connectivity index is 2.06. The average molecular weight is 294 g/mol. The number of carbonyl (C=O) groups excluding carboxylic acids is 1. The normalized spacial score (nSPS) is 47.7. The SMILES string of the molecule is CC(C)[C@@H]1CC[C@@H](C)C[C@]12N(C)C(=O)[C@@H]1[C@H](C)[C@@H](C)ON12. The molecule has 4 nitrogen and oxygen atoms in total. The molecule has 0 radical (unpaired) electrons. The summed E-state index contributed by atoms with van der Waals surface area (Å²) < 4.78 is 0. The maximum absolute atomic E-state index is 12.9. The van der Waals surface area contributed by atoms with Crippen LogP contribution in [0.15, 0.2) is 0 Å². The van der Waals surface area contributed by atoms with Gasteiger partial charge in [0.05, 0.1) is 6.10 Å². The molecule has 3 aliphatic rings. The molecule has 6 atom stereocenters. The molecular weight excluding hydrogens is 264 g/mol. The van der Waals surface area contributed by atoms with Crippen LogP contribution in [0.1, 0.15) is 53.9 Å². The summed E-state index contributed by atoms with van der Waals surface area (Å²) in [5, 5.41) is 2.12. The fraction of sp³-hybridized carbons (Fsp3) is 0.941. The number of carbonyl (C=O) groups is 1. The number of hydrogen-bond donors (Lipinski definition) is 0. The van der Waals surface area contributed by atoms with Crippen molar-refractivity contribution in [2.45, 2.75) is 71.7 Å². The van der Waals surface area contributed by atoms with Crippen LogP contribution in [0.2, 0.25) is 0 Å². The minimum absolute atomic E-state index is 0.0865. The summed E-state index contributed by atoms with van der Waals surface area (Å²) in [7, 11) is 1.99. The highest BCUT2D eigenvalue weighted by atomic mass is 16.7. The summed E-state index contributed by atoms with van der Waals surface area (Å²) in [4.78, 5) is 21.2. The lowest BCUT2D eigenvalue weighted by atomic mass is 9.69. The quantitative estimate of drug-likeness (QED) is 0.745. The molecule has 1 spiro atoms. The Morgan fingerprint density at radius 1 is 1.24 bits per heavy atom. The van der Waals surface area contributed by atoms with Crippen molar-refractivity contribution < 1.29 is 9.63 Å². The molecule has 0 aromatic carbocycles. The number of nitrogens with zero attached hydrogens (tertiary/aromatic N) is 2. The van der Waals surface area contributed by atoms with Gasteiger partial charge in [0.2, 0.25) is 5.91 Å². The highest BCUT2D eigenvalue weighted by Crippen LogP contribution is 2.53. The number of fused-ring (bicyclic) bond motifs is 2. The Hall–Kier alpha value is -0.610. The highest BCUT2D eigenvalue weighted by Gasteiger charge is 2.66. The number of amides is 1. The van der Waals surface area contributed by atoms with E-state index in [0.29, 0.717) is 17.8 Å². The Bertz CT molecular complexity index is 439. The van der Waals surface area contributed by atoms with E-state index >= 15 is 0 Å². The molecular formula is C17H30N2O2. The van der Waals surface area contributed by atoms with Crippen molar-refractivity contribution in [1.82, 2.24) is 9.96 Å². The van der Waals surface area contributed by atoms with Gasteiger partial charge < -0.3 is 4.90 Å². The first-order valence-electron chi connectivity index (χ1n) is 8.54. The molecule has 0 aromatic heterocycles. The van der Waals surface area contributed by atoms with Crippen LogP contribution in [0.4, 0.5) is 0 Å². The second-order valence-electron chi connectivity index (χ2n) is 7.95. The zero-order chi connectivity index (χ0) is 15.5. The van der Waals surface area contributed by atoms with E-state index in [-0.39, 0.29) is 29.6 Å². The Morgan fingerprint density at radius 2 is 1.90 bits per heavy atom. The van der Waals surface area contributed by atoms with Gasteiger partial charge in [0.25, 0.3) is 0 Å². The van der Waals surface area contributed by atoms with Crippen LogP contribution in [0.3, 0.4) is 0 Å². The minimum Gasteiger partial charge on any atom is -0.323 e. The van der Waals surface area contributed by atoms with Crippen molar-refractivity contribution in [1.29, 1.82) is 0 Å². The third-order valence-electron chi connectivity index (χ3n) is 6.33. The lowest BCUT2D eigenvalue weighted by Crippen LogP contribution is -2.61. The van der Waals surface area contributed by atoms with Gasteiger partial charge in [-0.1, -0.05) is 34.1 Å². The first-order chi connectivity index (χ1) is 9.80. The van der Waals surface area contributed by atoms with E-state index in [1.54, 1.807) is 0 Å². The van der Waals surface area contributed by atoms with E-state index in [4.69, 9.17) is 4.84 Å². The van der Waals surface area contributed by atoms with E-state index in [1.165, 1.54) is 12.8 Å². The van der Waals surface area contributed by atoms with E-state index in [1.807, 2.05) is 11.9 Å². The van der Waals surface area contributed by atoms with Gasteiger partial charge in [0.15, 0.2) is 0 Å². The lowest BCUT2D eigenvalue weighted by Gasteiger charge is -2.52. The van der Waals surface area contributed by atoms with Gasteiger partial charge in [-0.2, -0.15) is 5.06 Å². The fourth-order valence-corrected chi connectivity index (χ4v) is 4.97. The average Bonchev–Trinajstić information content (AvgIpc) is 2.81. The zero-order valence-corrected chi connectivity index (χ0v) is 14.3. The van der Waals surface area contributed by atoms with Crippen molar-refractivity contribution in [3.63, 3.8) is 0 Å². The van der Waals surface area contributed by atoms with Gasteiger partial charge in [-0.05, 0) is 31.6 Å². The van der Waals surface area contributed by atoms with Crippen LogP contribution < -0.4 is 0 Å². The van der Waals surface area contributed by atoms with Crippen molar-refractivity contribution in [3.8, 4) is 0 Å². The van der Waals surface area contributed by atoms with Crippen LogP contribution in [-0.2, 0) is 9.63 Å². The van der Waals surface area contributed by atoms with Crippen LogP contribution >= 0.6 is 0 Å². The zero-order valence-electron chi connectivity index (χ0n) is 14.3. The van der Waals surface area contributed by atoms with Crippen molar-refractivity contribution in [3.05, 3.63) is 0 Å². The molecule has 4 heteroatoms. The minimum atomic E-state index is -0.230. The van der Waals surface area contributed by atoms with E-state index in [2.05, 4.69) is 39.7 Å². The third-order valence-corrected chi connectivity index (χ3v) is 6.33. The second-order valence-corrected chi connectivity index (χ2v) is 7.95. The second kappa shape index (κ2) is 4.95. The van der Waals surface area contributed by atoms with E-state index in [0.717, 1.165) is 6.42 Å². The van der Waals surface area contributed by atoms with Gasteiger partial charge in [-0.15, -0.1) is 0 Å². The van der Waals surface area contributed by atoms with Crippen molar-refractivity contribution in [2.24, 2.45) is 23.7 Å². The molecule has 2 aliphatic heterocycles. The third kappa shape index (κ3) is 1.91. The highest BCUT2D eigenvalue weighted by molar-refractivity contribution is 5.85. The fourth-order valence-electron chi connectivity index (χ4n) is 4.97. The summed E-state index contributed by atoms with van der Waals surface area (Å²) in [6.07, 6.45) is 3.62. The van der Waals surface area contributed by atoms with Crippen LogP contribution in [0, 0.1) is 23.7 Å². The number of hydroxylamine groups is 2.